The molecule has 0 aliphatic rings. The van der Waals surface area contributed by atoms with Gasteiger partial charge >= 0.3 is 5.97 Å². The number of carbonyl (C=O) groups excluding carboxylic acids is 1. The van der Waals surface area contributed by atoms with Crippen molar-refractivity contribution < 1.29 is 9.53 Å². The summed E-state index contributed by atoms with van der Waals surface area (Å²) in [6, 6.07) is 8.58. The van der Waals surface area contributed by atoms with Crippen molar-refractivity contribution in [2.45, 2.75) is 0 Å². The van der Waals surface area contributed by atoms with Crippen molar-refractivity contribution in [3.05, 3.63) is 47.4 Å². The fraction of sp³-hybridized carbons (Fsp3) is 0.0833. The number of carbonyl (C=O) groups is 1. The number of methoxy groups -OCH3 is 1. The molecule has 0 N–H and O–H groups in total. The van der Waals surface area contributed by atoms with Crippen LogP contribution in [0.5, 0.6) is 0 Å². The Balaban J connectivity index is 2.32. The van der Waals surface area contributed by atoms with Gasteiger partial charge in [-0.15, -0.1) is 0 Å². The predicted molar refractivity (Wildman–Crippen MR) is 63.8 cm³/mol. The topological polar surface area (TPSA) is 52.1 Å². The number of halogens is 1. The quantitative estimate of drug-likeness (QED) is 0.606. The van der Waals surface area contributed by atoms with Crippen molar-refractivity contribution >= 4 is 17.6 Å². The Bertz CT molecular complexity index is 540. The van der Waals surface area contributed by atoms with Crippen LogP contribution < -0.4 is 0 Å². The Morgan fingerprint density at radius 1 is 1.24 bits per heavy atom. The lowest BCUT2D eigenvalue weighted by molar-refractivity contribution is 0.0601. The standard InChI is InChI=1S/C12H9ClN2O2/c1-17-12(16)9-4-2-8(3-5-9)10-6-11(13)15-7-14-10/h2-7H,1H3. The third kappa shape index (κ3) is 2.60. The third-order valence-electron chi connectivity index (χ3n) is 2.24. The molecule has 0 aliphatic carbocycles. The zero-order valence-electron chi connectivity index (χ0n) is 9.05. The van der Waals surface area contributed by atoms with Crippen LogP contribution in [0, 0.1) is 0 Å². The molecule has 0 unspecified atom stereocenters. The van der Waals surface area contributed by atoms with Gasteiger partial charge in [0.1, 0.15) is 11.5 Å². The molecule has 86 valence electrons. The minimum absolute atomic E-state index is 0.364. The van der Waals surface area contributed by atoms with Crippen LogP contribution in [-0.4, -0.2) is 23.0 Å². The van der Waals surface area contributed by atoms with Gasteiger partial charge in [-0.05, 0) is 12.1 Å². The lowest BCUT2D eigenvalue weighted by Gasteiger charge is -2.02. The second kappa shape index (κ2) is 4.93. The van der Waals surface area contributed by atoms with Gasteiger partial charge < -0.3 is 4.74 Å². The minimum atomic E-state index is -0.364. The van der Waals surface area contributed by atoms with E-state index in [2.05, 4.69) is 14.7 Å². The van der Waals surface area contributed by atoms with Gasteiger partial charge in [-0.2, -0.15) is 0 Å². The molecule has 0 saturated carbocycles. The number of esters is 1. The summed E-state index contributed by atoms with van der Waals surface area (Å²) in [6.45, 7) is 0. The normalized spacial score (nSPS) is 10.0. The van der Waals surface area contributed by atoms with Crippen molar-refractivity contribution in [3.63, 3.8) is 0 Å². The molecular formula is C12H9ClN2O2. The number of rotatable bonds is 2. The molecule has 2 rings (SSSR count). The van der Waals surface area contributed by atoms with Crippen molar-refractivity contribution in [3.8, 4) is 11.3 Å². The average molecular weight is 249 g/mol. The Morgan fingerprint density at radius 3 is 2.53 bits per heavy atom. The van der Waals surface area contributed by atoms with E-state index < -0.39 is 0 Å². The van der Waals surface area contributed by atoms with Crippen LogP contribution in [0.15, 0.2) is 36.7 Å². The van der Waals surface area contributed by atoms with Crippen LogP contribution in [0.4, 0.5) is 0 Å². The van der Waals surface area contributed by atoms with E-state index in [0.29, 0.717) is 16.4 Å². The summed E-state index contributed by atoms with van der Waals surface area (Å²) in [4.78, 5) is 19.1. The van der Waals surface area contributed by atoms with Gasteiger partial charge in [0.2, 0.25) is 0 Å². The van der Waals surface area contributed by atoms with E-state index in [-0.39, 0.29) is 5.97 Å². The largest absolute Gasteiger partial charge is 0.465 e. The maximum atomic E-state index is 11.2. The number of ether oxygens (including phenoxy) is 1. The van der Waals surface area contributed by atoms with Gasteiger partial charge in [-0.1, -0.05) is 23.7 Å². The zero-order valence-corrected chi connectivity index (χ0v) is 9.81. The summed E-state index contributed by atoms with van der Waals surface area (Å²) in [7, 11) is 1.35. The number of nitrogens with zero attached hydrogens (tertiary/aromatic N) is 2. The van der Waals surface area contributed by atoms with Gasteiger partial charge in [0.05, 0.1) is 18.4 Å². The smallest absolute Gasteiger partial charge is 0.337 e. The first kappa shape index (κ1) is 11.5. The Morgan fingerprint density at radius 2 is 1.94 bits per heavy atom. The maximum absolute atomic E-state index is 11.2. The molecule has 0 amide bonds. The molecule has 0 radical (unpaired) electrons. The highest BCUT2D eigenvalue weighted by molar-refractivity contribution is 6.29. The van der Waals surface area contributed by atoms with Crippen molar-refractivity contribution in [2.75, 3.05) is 7.11 Å². The molecule has 0 aliphatic heterocycles. The van der Waals surface area contributed by atoms with E-state index in [1.807, 2.05) is 0 Å². The van der Waals surface area contributed by atoms with Gasteiger partial charge in [-0.3, -0.25) is 0 Å². The van der Waals surface area contributed by atoms with Crippen LogP contribution in [0.3, 0.4) is 0 Å². The fourth-order valence-corrected chi connectivity index (χ4v) is 1.53. The number of hydrogen-bond donors (Lipinski definition) is 0. The predicted octanol–water partition coefficient (Wildman–Crippen LogP) is 2.58. The zero-order chi connectivity index (χ0) is 12.3. The molecule has 17 heavy (non-hydrogen) atoms. The van der Waals surface area contributed by atoms with Crippen LogP contribution in [0.2, 0.25) is 5.15 Å². The Labute approximate surface area is 103 Å². The molecule has 0 bridgehead atoms. The third-order valence-corrected chi connectivity index (χ3v) is 2.44. The van der Waals surface area contributed by atoms with E-state index in [4.69, 9.17) is 11.6 Å². The second-order valence-electron chi connectivity index (χ2n) is 3.29. The summed E-state index contributed by atoms with van der Waals surface area (Å²) >= 11 is 5.77. The first-order chi connectivity index (χ1) is 8.20. The van der Waals surface area contributed by atoms with Crippen molar-refractivity contribution in [1.29, 1.82) is 0 Å². The lowest BCUT2D eigenvalue weighted by Crippen LogP contribution is -2.00. The monoisotopic (exact) mass is 248 g/mol. The second-order valence-corrected chi connectivity index (χ2v) is 3.68. The fourth-order valence-electron chi connectivity index (χ4n) is 1.39. The van der Waals surface area contributed by atoms with Crippen molar-refractivity contribution in [1.82, 2.24) is 9.97 Å². The van der Waals surface area contributed by atoms with Crippen LogP contribution in [-0.2, 0) is 4.74 Å². The molecule has 1 heterocycles. The van der Waals surface area contributed by atoms with Gasteiger partial charge in [0.25, 0.3) is 0 Å². The highest BCUT2D eigenvalue weighted by Crippen LogP contribution is 2.19. The molecule has 1 aromatic heterocycles. The lowest BCUT2D eigenvalue weighted by atomic mass is 10.1. The van der Waals surface area contributed by atoms with E-state index in [0.717, 1.165) is 5.56 Å². The van der Waals surface area contributed by atoms with Gasteiger partial charge in [-0.25, -0.2) is 14.8 Å². The Hall–Kier alpha value is -1.94. The van der Waals surface area contributed by atoms with E-state index >= 15 is 0 Å². The number of aromatic nitrogens is 2. The highest BCUT2D eigenvalue weighted by Gasteiger charge is 2.06. The van der Waals surface area contributed by atoms with E-state index in [1.54, 1.807) is 30.3 Å². The minimum Gasteiger partial charge on any atom is -0.465 e. The Kier molecular flexibility index (Phi) is 3.35. The molecule has 2 aromatic rings. The maximum Gasteiger partial charge on any atom is 0.337 e. The average Bonchev–Trinajstić information content (AvgIpc) is 2.38. The molecule has 5 heteroatoms. The molecule has 0 fully saturated rings. The highest BCUT2D eigenvalue weighted by atomic mass is 35.5. The molecular weight excluding hydrogens is 240 g/mol. The van der Waals surface area contributed by atoms with Crippen molar-refractivity contribution in [2.24, 2.45) is 0 Å². The molecule has 0 spiro atoms. The summed E-state index contributed by atoms with van der Waals surface area (Å²) in [5.41, 5.74) is 2.07. The van der Waals surface area contributed by atoms with Crippen LogP contribution >= 0.6 is 11.6 Å². The summed E-state index contributed by atoms with van der Waals surface area (Å²) in [5.74, 6) is -0.364. The first-order valence-corrected chi connectivity index (χ1v) is 5.25. The van der Waals surface area contributed by atoms with Gasteiger partial charge in [0, 0.05) is 11.6 Å². The SMILES string of the molecule is COC(=O)c1ccc(-c2cc(Cl)ncn2)cc1. The summed E-state index contributed by atoms with van der Waals surface area (Å²) in [5, 5.41) is 0.382. The van der Waals surface area contributed by atoms with Crippen LogP contribution in [0.25, 0.3) is 11.3 Å². The molecule has 0 saturated heterocycles. The number of benzene rings is 1. The first-order valence-electron chi connectivity index (χ1n) is 4.87. The molecule has 4 nitrogen and oxygen atoms in total. The summed E-state index contributed by atoms with van der Waals surface area (Å²) in [6.07, 6.45) is 1.39. The molecule has 1 aromatic carbocycles. The molecule has 0 atom stereocenters. The van der Waals surface area contributed by atoms with E-state index in [1.165, 1.54) is 13.4 Å². The van der Waals surface area contributed by atoms with Crippen LogP contribution in [0.1, 0.15) is 10.4 Å². The van der Waals surface area contributed by atoms with Gasteiger partial charge in [0.15, 0.2) is 0 Å². The number of hydrogen-bond acceptors (Lipinski definition) is 4. The summed E-state index contributed by atoms with van der Waals surface area (Å²) < 4.78 is 4.62. The van der Waals surface area contributed by atoms with E-state index in [9.17, 15) is 4.79 Å².